The quantitative estimate of drug-likeness (QED) is 0.726. The molecule has 0 bridgehead atoms. The highest BCUT2D eigenvalue weighted by Crippen LogP contribution is 2.17. The van der Waals surface area contributed by atoms with Crippen LogP contribution >= 0.6 is 0 Å². The molecule has 1 saturated heterocycles. The minimum Gasteiger partial charge on any atom is -0.463 e. The van der Waals surface area contributed by atoms with E-state index in [9.17, 15) is 4.79 Å². The van der Waals surface area contributed by atoms with Crippen molar-refractivity contribution in [3.05, 3.63) is 18.1 Å². The lowest BCUT2D eigenvalue weighted by atomic mass is 10.1. The van der Waals surface area contributed by atoms with E-state index in [1.807, 2.05) is 0 Å². The van der Waals surface area contributed by atoms with Crippen molar-refractivity contribution in [3.63, 3.8) is 0 Å². The van der Waals surface area contributed by atoms with Crippen molar-refractivity contribution in [3.8, 4) is 0 Å². The Bertz CT molecular complexity index is 454. The molecule has 0 spiro atoms. The molecule has 2 rings (SSSR count). The molecule has 1 aliphatic heterocycles. The molecule has 0 saturated carbocycles. The van der Waals surface area contributed by atoms with E-state index in [1.54, 1.807) is 12.3 Å². The highest BCUT2D eigenvalue weighted by atomic mass is 16.5. The number of carbonyl (C=O) groups is 1. The van der Waals surface area contributed by atoms with Crippen molar-refractivity contribution in [1.29, 1.82) is 0 Å². The third-order valence-electron chi connectivity index (χ3n) is 3.26. The molecule has 1 atom stereocenters. The number of aromatic nitrogens is 2. The van der Waals surface area contributed by atoms with E-state index in [0.717, 1.165) is 25.5 Å². The van der Waals surface area contributed by atoms with Gasteiger partial charge in [-0.15, -0.1) is 0 Å². The van der Waals surface area contributed by atoms with Gasteiger partial charge in [-0.25, -0.2) is 14.8 Å². The van der Waals surface area contributed by atoms with Gasteiger partial charge in [0.15, 0.2) is 0 Å². The number of methoxy groups -OCH3 is 1. The monoisotopic (exact) mass is 265 g/mol. The first-order chi connectivity index (χ1) is 9.15. The third kappa shape index (κ3) is 2.99. The number of carbonyl (C=O) groups excluding carboxylic acids is 1. The van der Waals surface area contributed by atoms with E-state index in [2.05, 4.69) is 31.6 Å². The van der Waals surface area contributed by atoms with Crippen LogP contribution in [0.4, 0.5) is 5.82 Å². The van der Waals surface area contributed by atoms with Gasteiger partial charge in [-0.1, -0.05) is 0 Å². The third-order valence-corrected chi connectivity index (χ3v) is 3.26. The number of esters is 1. The minimum atomic E-state index is -0.528. The molecule has 2 N–H and O–H groups in total. The number of anilines is 1. The van der Waals surface area contributed by atoms with Gasteiger partial charge < -0.3 is 20.3 Å². The topological polar surface area (TPSA) is 84.6 Å². The number of rotatable bonds is 3. The largest absolute Gasteiger partial charge is 0.463 e. The second-order valence-electron chi connectivity index (χ2n) is 4.58. The fourth-order valence-corrected chi connectivity index (χ4v) is 2.21. The van der Waals surface area contributed by atoms with E-state index in [4.69, 9.17) is 5.73 Å². The van der Waals surface area contributed by atoms with Gasteiger partial charge in [0.2, 0.25) is 5.82 Å². The number of hydrogen-bond acceptors (Lipinski definition) is 7. The molecule has 0 radical (unpaired) electrons. The van der Waals surface area contributed by atoms with Crippen LogP contribution in [-0.4, -0.2) is 67.2 Å². The summed E-state index contributed by atoms with van der Waals surface area (Å²) in [6, 6.07) is 1.99. The molecule has 2 heterocycles. The Labute approximate surface area is 112 Å². The minimum absolute atomic E-state index is 0.0784. The maximum Gasteiger partial charge on any atom is 0.376 e. The van der Waals surface area contributed by atoms with Gasteiger partial charge in [0.25, 0.3) is 0 Å². The van der Waals surface area contributed by atoms with Crippen LogP contribution in [0, 0.1) is 0 Å². The fourth-order valence-electron chi connectivity index (χ4n) is 2.21. The van der Waals surface area contributed by atoms with Gasteiger partial charge in [0.05, 0.1) is 13.2 Å². The first-order valence-electron chi connectivity index (χ1n) is 6.22. The van der Waals surface area contributed by atoms with E-state index >= 15 is 0 Å². The molecule has 0 aliphatic carbocycles. The van der Waals surface area contributed by atoms with E-state index in [-0.39, 0.29) is 11.9 Å². The molecule has 7 heteroatoms. The summed E-state index contributed by atoms with van der Waals surface area (Å²) in [5.74, 6) is 0.272. The number of ether oxygens (including phenoxy) is 1. The molecule has 1 aromatic heterocycles. The van der Waals surface area contributed by atoms with E-state index in [0.29, 0.717) is 6.54 Å². The Morgan fingerprint density at radius 2 is 2.37 bits per heavy atom. The Hall–Kier alpha value is -1.73. The number of nitrogens with two attached hydrogens (primary N) is 1. The fraction of sp³-hybridized carbons (Fsp3) is 0.583. The molecule has 0 aromatic carbocycles. The summed E-state index contributed by atoms with van der Waals surface area (Å²) in [6.07, 6.45) is 1.57. The maximum atomic E-state index is 11.5. The van der Waals surface area contributed by atoms with E-state index < -0.39 is 5.97 Å². The average Bonchev–Trinajstić information content (AvgIpc) is 2.46. The molecular formula is C12H19N5O2. The number of nitrogens with zero attached hydrogens (tertiary/aromatic N) is 4. The van der Waals surface area contributed by atoms with Crippen LogP contribution in [0.1, 0.15) is 10.6 Å². The lowest BCUT2D eigenvalue weighted by molar-refractivity contribution is 0.0586. The van der Waals surface area contributed by atoms with Gasteiger partial charge in [0.1, 0.15) is 5.82 Å². The zero-order valence-corrected chi connectivity index (χ0v) is 11.2. The summed E-state index contributed by atoms with van der Waals surface area (Å²) in [4.78, 5) is 24.0. The number of piperazine rings is 1. The molecule has 7 nitrogen and oxygen atoms in total. The van der Waals surface area contributed by atoms with Crippen molar-refractivity contribution >= 4 is 11.8 Å². The zero-order chi connectivity index (χ0) is 13.8. The van der Waals surface area contributed by atoms with Crippen LogP contribution in [-0.2, 0) is 4.74 Å². The van der Waals surface area contributed by atoms with Gasteiger partial charge in [-0.2, -0.15) is 0 Å². The predicted molar refractivity (Wildman–Crippen MR) is 71.1 cm³/mol. The SMILES string of the molecule is COC(=O)c1nccc(N2CCN(C)CC2CN)n1. The lowest BCUT2D eigenvalue weighted by Crippen LogP contribution is -2.55. The summed E-state index contributed by atoms with van der Waals surface area (Å²) in [7, 11) is 3.39. The molecule has 1 aliphatic rings. The number of likely N-dealkylation sites (N-methyl/N-ethyl adjacent to an activating group) is 1. The molecule has 1 aromatic rings. The maximum absolute atomic E-state index is 11.5. The molecule has 104 valence electrons. The first kappa shape index (κ1) is 13.7. The molecule has 0 amide bonds. The Morgan fingerprint density at radius 3 is 3.05 bits per heavy atom. The van der Waals surface area contributed by atoms with Gasteiger partial charge in [0, 0.05) is 32.4 Å². The second-order valence-corrected chi connectivity index (χ2v) is 4.58. The molecule has 1 fully saturated rings. The summed E-state index contributed by atoms with van der Waals surface area (Å²) < 4.78 is 4.63. The van der Waals surface area contributed by atoms with Crippen molar-refractivity contribution in [1.82, 2.24) is 14.9 Å². The van der Waals surface area contributed by atoms with Crippen molar-refractivity contribution in [2.24, 2.45) is 5.73 Å². The summed E-state index contributed by atoms with van der Waals surface area (Å²) >= 11 is 0. The standard InChI is InChI=1S/C12H19N5O2/c1-16-5-6-17(9(7-13)8-16)10-3-4-14-11(15-10)12(18)19-2/h3-4,9H,5-8,13H2,1-2H3. The summed E-state index contributed by atoms with van der Waals surface area (Å²) in [5, 5.41) is 0. The van der Waals surface area contributed by atoms with Crippen LogP contribution in [0.3, 0.4) is 0 Å². The van der Waals surface area contributed by atoms with Crippen molar-refractivity contribution < 1.29 is 9.53 Å². The smallest absolute Gasteiger partial charge is 0.376 e. The summed E-state index contributed by atoms with van der Waals surface area (Å²) in [5.41, 5.74) is 5.81. The molecule has 1 unspecified atom stereocenters. The van der Waals surface area contributed by atoms with Gasteiger partial charge >= 0.3 is 5.97 Å². The van der Waals surface area contributed by atoms with Crippen LogP contribution in [0.25, 0.3) is 0 Å². The van der Waals surface area contributed by atoms with Gasteiger partial charge in [-0.05, 0) is 13.1 Å². The predicted octanol–water partition coefficient (Wildman–Crippen LogP) is -0.658. The van der Waals surface area contributed by atoms with Gasteiger partial charge in [-0.3, -0.25) is 0 Å². The van der Waals surface area contributed by atoms with Crippen LogP contribution in [0.2, 0.25) is 0 Å². The highest BCUT2D eigenvalue weighted by molar-refractivity contribution is 5.85. The first-order valence-corrected chi connectivity index (χ1v) is 6.22. The van der Waals surface area contributed by atoms with Crippen molar-refractivity contribution in [2.75, 3.05) is 45.2 Å². The summed E-state index contributed by atoms with van der Waals surface area (Å²) in [6.45, 7) is 3.19. The van der Waals surface area contributed by atoms with Crippen LogP contribution in [0.5, 0.6) is 0 Å². The van der Waals surface area contributed by atoms with Crippen LogP contribution in [0.15, 0.2) is 12.3 Å². The Morgan fingerprint density at radius 1 is 1.58 bits per heavy atom. The second kappa shape index (κ2) is 5.94. The Balaban J connectivity index is 2.23. The molecular weight excluding hydrogens is 246 g/mol. The zero-order valence-electron chi connectivity index (χ0n) is 11.2. The van der Waals surface area contributed by atoms with Crippen molar-refractivity contribution in [2.45, 2.75) is 6.04 Å². The Kier molecular flexibility index (Phi) is 4.28. The van der Waals surface area contributed by atoms with E-state index in [1.165, 1.54) is 7.11 Å². The normalized spacial score (nSPS) is 20.4. The average molecular weight is 265 g/mol. The molecule has 19 heavy (non-hydrogen) atoms. The van der Waals surface area contributed by atoms with Crippen LogP contribution < -0.4 is 10.6 Å². The highest BCUT2D eigenvalue weighted by Gasteiger charge is 2.25. The lowest BCUT2D eigenvalue weighted by Gasteiger charge is -2.40. The number of hydrogen-bond donors (Lipinski definition) is 1.